The van der Waals surface area contributed by atoms with Crippen molar-refractivity contribution in [3.05, 3.63) is 35.6 Å². The van der Waals surface area contributed by atoms with Gasteiger partial charge in [0.25, 0.3) is 5.91 Å². The van der Waals surface area contributed by atoms with Gasteiger partial charge in [0, 0.05) is 26.1 Å². The number of hydrogen-bond donors (Lipinski definition) is 2. The first-order valence-electron chi connectivity index (χ1n) is 10.4. The summed E-state index contributed by atoms with van der Waals surface area (Å²) in [7, 11) is 0. The minimum absolute atomic E-state index is 0.0624. The van der Waals surface area contributed by atoms with Crippen LogP contribution in [0.15, 0.2) is 24.3 Å². The number of rotatable bonds is 8. The normalized spacial score (nSPS) is 15.8. The fraction of sp³-hybridized carbons (Fsp3) is 0.591. The Kier molecular flexibility index (Phi) is 8.61. The topological polar surface area (TPSA) is 78.5 Å². The molecule has 3 amide bonds. The van der Waals surface area contributed by atoms with Gasteiger partial charge in [0.1, 0.15) is 11.9 Å². The maximum Gasteiger partial charge on any atom is 0.256 e. The van der Waals surface area contributed by atoms with Gasteiger partial charge in [0.15, 0.2) is 0 Å². The summed E-state index contributed by atoms with van der Waals surface area (Å²) in [5.74, 6) is -1.04. The number of amides is 3. The van der Waals surface area contributed by atoms with Gasteiger partial charge >= 0.3 is 0 Å². The van der Waals surface area contributed by atoms with E-state index >= 15 is 0 Å². The van der Waals surface area contributed by atoms with Crippen molar-refractivity contribution >= 4 is 17.7 Å². The quantitative estimate of drug-likeness (QED) is 0.698. The van der Waals surface area contributed by atoms with E-state index in [1.807, 2.05) is 20.8 Å². The fourth-order valence-electron chi connectivity index (χ4n) is 3.60. The van der Waals surface area contributed by atoms with Crippen LogP contribution in [-0.2, 0) is 9.59 Å². The molecule has 1 aliphatic heterocycles. The van der Waals surface area contributed by atoms with E-state index in [-0.39, 0.29) is 35.1 Å². The number of nitrogens with zero attached hydrogens (tertiary/aromatic N) is 1. The maximum absolute atomic E-state index is 13.9. The van der Waals surface area contributed by atoms with Gasteiger partial charge in [-0.2, -0.15) is 0 Å². The third-order valence-corrected chi connectivity index (χ3v) is 5.14. The zero-order valence-electron chi connectivity index (χ0n) is 17.5. The fourth-order valence-corrected chi connectivity index (χ4v) is 3.60. The Labute approximate surface area is 172 Å². The Bertz CT molecular complexity index is 715. The second-order valence-corrected chi connectivity index (χ2v) is 8.04. The lowest BCUT2D eigenvalue weighted by Gasteiger charge is -2.36. The number of hydrogen-bond acceptors (Lipinski definition) is 3. The Balaban J connectivity index is 2.02. The highest BCUT2D eigenvalue weighted by Gasteiger charge is 2.34. The summed E-state index contributed by atoms with van der Waals surface area (Å²) in [5, 5.41) is 5.77. The van der Waals surface area contributed by atoms with E-state index in [2.05, 4.69) is 10.6 Å². The van der Waals surface area contributed by atoms with Gasteiger partial charge in [-0.25, -0.2) is 4.39 Å². The average molecular weight is 406 g/mol. The van der Waals surface area contributed by atoms with Gasteiger partial charge < -0.3 is 15.5 Å². The second kappa shape index (κ2) is 10.9. The van der Waals surface area contributed by atoms with E-state index in [0.717, 1.165) is 6.42 Å². The van der Waals surface area contributed by atoms with Crippen molar-refractivity contribution in [3.8, 4) is 0 Å². The smallest absolute Gasteiger partial charge is 0.256 e. The molecule has 1 heterocycles. The number of nitrogens with one attached hydrogen (secondary N) is 2. The summed E-state index contributed by atoms with van der Waals surface area (Å²) >= 11 is 0. The van der Waals surface area contributed by atoms with Crippen LogP contribution in [0.25, 0.3) is 0 Å². The number of benzene rings is 1. The van der Waals surface area contributed by atoms with Crippen LogP contribution in [0.3, 0.4) is 0 Å². The lowest BCUT2D eigenvalue weighted by Crippen LogP contribution is -2.54. The Hall–Kier alpha value is -2.44. The molecule has 0 bridgehead atoms. The van der Waals surface area contributed by atoms with Crippen LogP contribution >= 0.6 is 0 Å². The first kappa shape index (κ1) is 22.8. The summed E-state index contributed by atoms with van der Waals surface area (Å²) < 4.78 is 13.9. The van der Waals surface area contributed by atoms with E-state index in [1.54, 1.807) is 17.0 Å². The molecule has 1 aromatic rings. The lowest BCUT2D eigenvalue weighted by atomic mass is 9.88. The average Bonchev–Trinajstić information content (AvgIpc) is 2.69. The molecule has 29 heavy (non-hydrogen) atoms. The Morgan fingerprint density at radius 2 is 1.83 bits per heavy atom. The molecule has 1 fully saturated rings. The highest BCUT2D eigenvalue weighted by molar-refractivity contribution is 5.94. The first-order valence-corrected chi connectivity index (χ1v) is 10.4. The first-order chi connectivity index (χ1) is 13.8. The van der Waals surface area contributed by atoms with Crippen molar-refractivity contribution in [1.29, 1.82) is 0 Å². The van der Waals surface area contributed by atoms with Crippen molar-refractivity contribution in [2.75, 3.05) is 19.6 Å². The largest absolute Gasteiger partial charge is 0.354 e. The standard InChI is InChI=1S/C22H32FN3O3/c1-4-11-24-21(28)20(25-19(27)14-15(2)3)16-9-12-26(13-10-16)22(29)17-7-5-6-8-18(17)23/h5-8,15-16,20H,4,9-14H2,1-3H3,(H,24,28)(H,25,27)/t20-/m1/s1. The number of piperidine rings is 1. The number of halogens is 1. The zero-order valence-corrected chi connectivity index (χ0v) is 17.5. The third-order valence-electron chi connectivity index (χ3n) is 5.14. The zero-order chi connectivity index (χ0) is 21.4. The Morgan fingerprint density at radius 3 is 2.41 bits per heavy atom. The molecule has 0 spiro atoms. The van der Waals surface area contributed by atoms with Gasteiger partial charge in [0.05, 0.1) is 5.56 Å². The molecule has 6 nitrogen and oxygen atoms in total. The minimum Gasteiger partial charge on any atom is -0.354 e. The molecular weight excluding hydrogens is 373 g/mol. The van der Waals surface area contributed by atoms with Crippen molar-refractivity contribution in [1.82, 2.24) is 15.5 Å². The highest BCUT2D eigenvalue weighted by Crippen LogP contribution is 2.23. The third kappa shape index (κ3) is 6.54. The molecule has 1 saturated heterocycles. The second-order valence-electron chi connectivity index (χ2n) is 8.04. The number of likely N-dealkylation sites (tertiary alicyclic amines) is 1. The van der Waals surface area contributed by atoms with Crippen LogP contribution in [0, 0.1) is 17.7 Å². The number of carbonyl (C=O) groups is 3. The van der Waals surface area contributed by atoms with Crippen molar-refractivity contribution in [2.24, 2.45) is 11.8 Å². The van der Waals surface area contributed by atoms with E-state index in [1.165, 1.54) is 12.1 Å². The molecule has 0 saturated carbocycles. The molecule has 0 aliphatic carbocycles. The molecule has 160 valence electrons. The molecule has 1 atom stereocenters. The van der Waals surface area contributed by atoms with E-state index in [9.17, 15) is 18.8 Å². The van der Waals surface area contributed by atoms with Crippen molar-refractivity contribution < 1.29 is 18.8 Å². The Morgan fingerprint density at radius 1 is 1.17 bits per heavy atom. The van der Waals surface area contributed by atoms with Crippen LogP contribution < -0.4 is 10.6 Å². The summed E-state index contributed by atoms with van der Waals surface area (Å²) in [5.41, 5.74) is 0.0634. The molecule has 7 heteroatoms. The molecule has 0 unspecified atom stereocenters. The van der Waals surface area contributed by atoms with Crippen LogP contribution in [0.2, 0.25) is 0 Å². The molecule has 0 aromatic heterocycles. The molecule has 2 N–H and O–H groups in total. The predicted octanol–water partition coefficient (Wildman–Crippen LogP) is 2.74. The van der Waals surface area contributed by atoms with Gasteiger partial charge in [-0.05, 0) is 43.2 Å². The summed E-state index contributed by atoms with van der Waals surface area (Å²) in [6, 6.07) is 5.34. The van der Waals surface area contributed by atoms with Gasteiger partial charge in [-0.3, -0.25) is 14.4 Å². The van der Waals surface area contributed by atoms with Crippen molar-refractivity contribution in [3.63, 3.8) is 0 Å². The van der Waals surface area contributed by atoms with Crippen LogP contribution in [0.4, 0.5) is 4.39 Å². The van der Waals surface area contributed by atoms with Crippen molar-refractivity contribution in [2.45, 2.75) is 52.5 Å². The van der Waals surface area contributed by atoms with Gasteiger partial charge in [0.2, 0.25) is 11.8 Å². The lowest BCUT2D eigenvalue weighted by molar-refractivity contribution is -0.131. The SMILES string of the molecule is CCCNC(=O)[C@H](NC(=O)CC(C)C)C1CCN(C(=O)c2ccccc2F)CC1. The number of carbonyl (C=O) groups excluding carboxylic acids is 3. The van der Waals surface area contributed by atoms with E-state index < -0.39 is 11.9 Å². The van der Waals surface area contributed by atoms with Crippen LogP contribution in [-0.4, -0.2) is 48.3 Å². The molecule has 2 rings (SSSR count). The van der Waals surface area contributed by atoms with Gasteiger partial charge in [-0.1, -0.05) is 32.9 Å². The minimum atomic E-state index is -0.612. The monoisotopic (exact) mass is 405 g/mol. The van der Waals surface area contributed by atoms with E-state index in [4.69, 9.17) is 0 Å². The molecule has 0 radical (unpaired) electrons. The summed E-state index contributed by atoms with van der Waals surface area (Å²) in [6.45, 7) is 7.29. The van der Waals surface area contributed by atoms with Gasteiger partial charge in [-0.15, -0.1) is 0 Å². The summed E-state index contributed by atoms with van der Waals surface area (Å²) in [4.78, 5) is 39.2. The molecule has 1 aliphatic rings. The van der Waals surface area contributed by atoms with E-state index in [0.29, 0.717) is 38.9 Å². The molecule has 1 aromatic carbocycles. The predicted molar refractivity (Wildman–Crippen MR) is 110 cm³/mol. The highest BCUT2D eigenvalue weighted by atomic mass is 19.1. The van der Waals surface area contributed by atoms with Crippen LogP contribution in [0.5, 0.6) is 0 Å². The summed E-state index contributed by atoms with van der Waals surface area (Å²) in [6.07, 6.45) is 2.33. The maximum atomic E-state index is 13.9. The molecular formula is C22H32FN3O3. The van der Waals surface area contributed by atoms with Crippen LogP contribution in [0.1, 0.15) is 56.8 Å².